The van der Waals surface area contributed by atoms with Crippen LogP contribution in [0.25, 0.3) is 0 Å². The van der Waals surface area contributed by atoms with Crippen LogP contribution in [0.4, 0.5) is 11.4 Å². The van der Waals surface area contributed by atoms with Gasteiger partial charge in [-0.25, -0.2) is 4.79 Å². The molecule has 23 nitrogen and oxygen atoms in total. The highest BCUT2D eigenvalue weighted by Crippen LogP contribution is 2.52. The Morgan fingerprint density at radius 2 is 1.28 bits per heavy atom. The van der Waals surface area contributed by atoms with Gasteiger partial charge in [-0.1, -0.05) is 0 Å². The molecular formula is C48H62N3O20S3+. The van der Waals surface area contributed by atoms with Crippen LogP contribution in [0.2, 0.25) is 0 Å². The molecule has 2 unspecified atom stereocenters. The Morgan fingerprint density at radius 1 is 0.730 bits per heavy atom. The number of fused-ring (bicyclic) bond motifs is 2. The van der Waals surface area contributed by atoms with Gasteiger partial charge in [-0.05, 0) is 88.4 Å². The molecule has 2 aromatic rings. The Balaban J connectivity index is 1.33. The number of hydroxylamine groups is 2. The zero-order valence-electron chi connectivity index (χ0n) is 41.4. The molecule has 1 fully saturated rings. The van der Waals surface area contributed by atoms with Gasteiger partial charge in [-0.3, -0.25) is 28.0 Å². The van der Waals surface area contributed by atoms with Crippen LogP contribution in [0.5, 0.6) is 0 Å². The number of rotatable bonds is 29. The molecule has 1 aliphatic carbocycles. The van der Waals surface area contributed by atoms with Crippen molar-refractivity contribution in [2.75, 3.05) is 90.3 Å². The molecular weight excluding hydrogens is 1030 g/mol. The molecule has 0 spiro atoms. The summed E-state index contributed by atoms with van der Waals surface area (Å²) >= 11 is 0. The Kier molecular flexibility index (Phi) is 18.9. The minimum absolute atomic E-state index is 0.00366. The largest absolute Gasteiger partial charge is 0.506 e. The van der Waals surface area contributed by atoms with Crippen molar-refractivity contribution < 1.29 is 96.3 Å². The summed E-state index contributed by atoms with van der Waals surface area (Å²) in [5.41, 5.74) is -0.425. The van der Waals surface area contributed by atoms with E-state index in [1.54, 1.807) is 37.4 Å². The number of hydrogen-bond donors (Lipinski definition) is 4. The van der Waals surface area contributed by atoms with E-state index in [1.807, 2.05) is 0 Å². The van der Waals surface area contributed by atoms with Gasteiger partial charge >= 0.3 is 5.97 Å². The van der Waals surface area contributed by atoms with Crippen molar-refractivity contribution in [2.45, 2.75) is 86.3 Å². The lowest BCUT2D eigenvalue weighted by atomic mass is 9.73. The zero-order chi connectivity index (χ0) is 54.2. The first-order valence-corrected chi connectivity index (χ1v) is 28.2. The van der Waals surface area contributed by atoms with Crippen LogP contribution in [0.15, 0.2) is 80.9 Å². The van der Waals surface area contributed by atoms with Gasteiger partial charge in [0.05, 0.1) is 85.0 Å². The van der Waals surface area contributed by atoms with Crippen molar-refractivity contribution in [2.24, 2.45) is 0 Å². The van der Waals surface area contributed by atoms with E-state index in [0.29, 0.717) is 72.0 Å². The van der Waals surface area contributed by atoms with Gasteiger partial charge in [0.1, 0.15) is 12.3 Å². The van der Waals surface area contributed by atoms with Gasteiger partial charge in [-0.2, -0.15) is 29.8 Å². The van der Waals surface area contributed by atoms with Gasteiger partial charge in [0.25, 0.3) is 42.2 Å². The summed E-state index contributed by atoms with van der Waals surface area (Å²) in [5.74, 6) is -3.96. The highest BCUT2D eigenvalue weighted by molar-refractivity contribution is 7.86. The molecule has 0 aromatic heterocycles. The molecule has 26 heteroatoms. The Morgan fingerprint density at radius 3 is 1.82 bits per heavy atom. The number of imide groups is 1. The normalized spacial score (nSPS) is 21.1. The number of Topliss-reactive ketones (excluding diaryl/α,β-unsaturated/α-hetero) is 1. The summed E-state index contributed by atoms with van der Waals surface area (Å²) in [7, 11) is -12.3. The van der Waals surface area contributed by atoms with Crippen LogP contribution in [0, 0.1) is 0 Å². The minimum atomic E-state index is -4.75. The number of aliphatic hydroxyl groups excluding tert-OH is 1. The average molecular weight is 1100 g/mol. The molecule has 0 bridgehead atoms. The highest BCUT2D eigenvalue weighted by Gasteiger charge is 2.50. The minimum Gasteiger partial charge on any atom is -0.506 e. The van der Waals surface area contributed by atoms with Crippen LogP contribution in [0.3, 0.4) is 0 Å². The van der Waals surface area contributed by atoms with Crippen molar-refractivity contribution in [1.29, 1.82) is 0 Å². The molecule has 6 rings (SSSR count). The molecule has 1 saturated heterocycles. The number of methoxy groups -OCH3 is 1. The van der Waals surface area contributed by atoms with Crippen LogP contribution in [-0.4, -0.2) is 168 Å². The van der Waals surface area contributed by atoms with E-state index >= 15 is 0 Å². The second-order valence-electron chi connectivity index (χ2n) is 18.2. The third-order valence-corrected chi connectivity index (χ3v) is 15.7. The summed E-state index contributed by atoms with van der Waals surface area (Å²) in [5, 5.41) is 12.3. The standard InChI is InChI=1S/C48H61N3O20S3/c1-5-49-38-11-9-32(73(60,61)62)28-36(38)47(2,15-7-27-72(57,58)59)40(49)30-34-45(55)35(46(34)56)31-41-48(3,16-18-67-21-22-69-25-26-70-24-23-68-20-19-66-4)37-29-33(74(63,64)65)10-12-39(37)50(41)17-6-8-44(54)71-51-42(52)13-14-43(51)53/h9-12,28-31H,5-8,13-27H2,1-4H3,(H3-,55,56,57,58,59,60,61,62,63,64,65)/p+1. The van der Waals surface area contributed by atoms with Crippen molar-refractivity contribution in [3.63, 3.8) is 0 Å². The van der Waals surface area contributed by atoms with Crippen molar-refractivity contribution in [1.82, 2.24) is 5.06 Å². The summed E-state index contributed by atoms with van der Waals surface area (Å²) in [6.07, 6.45) is 2.40. The summed E-state index contributed by atoms with van der Waals surface area (Å²) < 4.78 is 132. The van der Waals surface area contributed by atoms with Crippen molar-refractivity contribution in [3.05, 3.63) is 82.3 Å². The van der Waals surface area contributed by atoms with Crippen LogP contribution in [-0.2, 0) is 88.9 Å². The summed E-state index contributed by atoms with van der Waals surface area (Å²) in [6.45, 7) is 8.13. The van der Waals surface area contributed by atoms with E-state index in [2.05, 4.69) is 0 Å². The van der Waals surface area contributed by atoms with Crippen LogP contribution < -0.4 is 4.90 Å². The maximum Gasteiger partial charge on any atom is 0.333 e. The first kappa shape index (κ1) is 58.0. The molecule has 0 saturated carbocycles. The number of ketones is 1. The van der Waals surface area contributed by atoms with E-state index in [-0.39, 0.29) is 95.6 Å². The maximum atomic E-state index is 14.5. The fourth-order valence-electron chi connectivity index (χ4n) is 9.38. The smallest absolute Gasteiger partial charge is 0.333 e. The number of benzene rings is 2. The predicted octanol–water partition coefficient (Wildman–Crippen LogP) is 3.70. The molecule has 74 heavy (non-hydrogen) atoms. The molecule has 2 aromatic carbocycles. The Labute approximate surface area is 429 Å². The molecule has 0 radical (unpaired) electrons. The lowest BCUT2D eigenvalue weighted by Crippen LogP contribution is -2.35. The second-order valence-corrected chi connectivity index (χ2v) is 22.6. The first-order valence-electron chi connectivity index (χ1n) is 23.8. The second kappa shape index (κ2) is 24.2. The quantitative estimate of drug-likeness (QED) is 0.0297. The number of amides is 2. The Hall–Kier alpha value is -5.26. The van der Waals surface area contributed by atoms with Crippen LogP contribution in [0.1, 0.15) is 76.8 Å². The van der Waals surface area contributed by atoms with Gasteiger partial charge in [0, 0.05) is 74.0 Å². The number of hydrogen-bond acceptors (Lipinski definition) is 18. The number of ether oxygens (including phenoxy) is 5. The first-order chi connectivity index (χ1) is 34.9. The molecule has 2 amide bonds. The van der Waals surface area contributed by atoms with Gasteiger partial charge in [0.2, 0.25) is 11.5 Å². The van der Waals surface area contributed by atoms with Gasteiger partial charge < -0.3 is 38.5 Å². The topological polar surface area (TPSA) is 316 Å². The monoisotopic (exact) mass is 1100 g/mol. The molecule has 406 valence electrons. The average Bonchev–Trinajstić information content (AvgIpc) is 3.86. The number of allylic oxidation sites excluding steroid dienone is 5. The predicted molar refractivity (Wildman–Crippen MR) is 263 cm³/mol. The Bertz CT molecular complexity index is 2970. The van der Waals surface area contributed by atoms with E-state index in [0.717, 1.165) is 0 Å². The highest BCUT2D eigenvalue weighted by atomic mass is 32.2. The van der Waals surface area contributed by atoms with Crippen LogP contribution >= 0.6 is 0 Å². The van der Waals surface area contributed by atoms with Gasteiger partial charge in [0.15, 0.2) is 5.71 Å². The SMILES string of the molecule is CC[N+]1=C(/C=C2\C(=O)C(/C=C3/N(CCCC(=O)ON4C(=O)CCC4=O)c4ccc(S(=O)(=O)O)cc4C3(C)CCOCCOCCOCCOCCOC)=C2O)C(C)(CCCS(=O)(=O)O)c2cc(S(=O)(=O)O)ccc21. The molecule has 2 atom stereocenters. The molecule has 3 aliphatic heterocycles. The van der Waals surface area contributed by atoms with Gasteiger partial charge in [-0.15, -0.1) is 5.06 Å². The number of carbonyl (C=O) groups excluding carboxylic acids is 4. The number of anilines is 1. The number of aliphatic hydroxyl groups is 1. The third kappa shape index (κ3) is 13.4. The summed E-state index contributed by atoms with van der Waals surface area (Å²) in [6, 6.07) is 7.83. The lowest BCUT2D eigenvalue weighted by Gasteiger charge is -2.32. The van der Waals surface area contributed by atoms with E-state index < -0.39 is 86.1 Å². The lowest BCUT2D eigenvalue weighted by molar-refractivity contribution is -0.433. The molecule has 4 N–H and O–H groups in total. The molecule has 4 aliphatic rings. The fourth-order valence-corrected chi connectivity index (χ4v) is 10.9. The third-order valence-electron chi connectivity index (χ3n) is 13.2. The maximum absolute atomic E-state index is 14.5. The van der Waals surface area contributed by atoms with E-state index in [9.17, 15) is 63.2 Å². The molecule has 3 heterocycles. The number of carbonyl (C=O) groups is 4. The summed E-state index contributed by atoms with van der Waals surface area (Å²) in [4.78, 5) is 57.6. The zero-order valence-corrected chi connectivity index (χ0v) is 43.9. The fraction of sp³-hybridized carbons (Fsp3) is 0.521. The van der Waals surface area contributed by atoms with E-state index in [4.69, 9.17) is 28.5 Å². The van der Waals surface area contributed by atoms with Crippen molar-refractivity contribution in [3.8, 4) is 0 Å². The van der Waals surface area contributed by atoms with E-state index in [1.165, 1.54) is 48.6 Å². The van der Waals surface area contributed by atoms with Crippen molar-refractivity contribution >= 4 is 71.0 Å². The number of nitrogens with zero attached hydrogens (tertiary/aromatic N) is 3.